The second kappa shape index (κ2) is 7.20. The molecule has 1 aliphatic heterocycles. The predicted octanol–water partition coefficient (Wildman–Crippen LogP) is 3.81. The van der Waals surface area contributed by atoms with Crippen molar-refractivity contribution >= 4 is 16.8 Å². The van der Waals surface area contributed by atoms with E-state index in [9.17, 15) is 4.79 Å². The van der Waals surface area contributed by atoms with Gasteiger partial charge in [0.2, 0.25) is 5.91 Å². The monoisotopic (exact) mass is 361 g/mol. The van der Waals surface area contributed by atoms with Gasteiger partial charge in [-0.15, -0.1) is 0 Å². The van der Waals surface area contributed by atoms with Gasteiger partial charge >= 0.3 is 0 Å². The molecule has 0 spiro atoms. The average molecular weight is 361 g/mol. The standard InChI is InChI=1S/C23H27N3O/c1-15-9-10-16(2)23-22(15)19(17(3)25-23)13-21(27)26-12-11-24-20(14-26)18-7-5-4-6-8-18/h4-10,20,24-25H,11-14H2,1-3H3/t20-/m0/s1. The van der Waals surface area contributed by atoms with Crippen LogP contribution in [0, 0.1) is 20.8 Å². The number of carbonyl (C=O) groups excluding carboxylic acids is 1. The SMILES string of the molecule is Cc1[nH]c2c(C)ccc(C)c2c1CC(=O)N1CCN[C@H](c2ccccc2)C1. The van der Waals surface area contributed by atoms with E-state index in [1.165, 1.54) is 22.1 Å². The first-order valence-corrected chi connectivity index (χ1v) is 9.68. The largest absolute Gasteiger partial charge is 0.358 e. The third-order valence-electron chi connectivity index (χ3n) is 5.75. The number of hydrogen-bond acceptors (Lipinski definition) is 2. The van der Waals surface area contributed by atoms with Crippen molar-refractivity contribution in [1.29, 1.82) is 0 Å². The Morgan fingerprint density at radius 2 is 1.81 bits per heavy atom. The Balaban J connectivity index is 1.57. The van der Waals surface area contributed by atoms with Crippen LogP contribution in [0.3, 0.4) is 0 Å². The Bertz CT molecular complexity index is 974. The quantitative estimate of drug-likeness (QED) is 0.745. The van der Waals surface area contributed by atoms with Crippen molar-refractivity contribution in [3.8, 4) is 0 Å². The van der Waals surface area contributed by atoms with Crippen LogP contribution in [-0.2, 0) is 11.2 Å². The van der Waals surface area contributed by atoms with Crippen molar-refractivity contribution in [2.24, 2.45) is 0 Å². The van der Waals surface area contributed by atoms with E-state index in [-0.39, 0.29) is 11.9 Å². The van der Waals surface area contributed by atoms with Gasteiger partial charge < -0.3 is 15.2 Å². The van der Waals surface area contributed by atoms with Gasteiger partial charge in [-0.1, -0.05) is 42.5 Å². The van der Waals surface area contributed by atoms with Gasteiger partial charge in [-0.05, 0) is 43.0 Å². The Morgan fingerprint density at radius 1 is 1.07 bits per heavy atom. The molecule has 0 bridgehead atoms. The Hall–Kier alpha value is -2.59. The van der Waals surface area contributed by atoms with E-state index >= 15 is 0 Å². The molecular weight excluding hydrogens is 334 g/mol. The molecule has 1 saturated heterocycles. The second-order valence-corrected chi connectivity index (χ2v) is 7.61. The van der Waals surface area contributed by atoms with Crippen LogP contribution in [0.4, 0.5) is 0 Å². The van der Waals surface area contributed by atoms with Gasteiger partial charge in [0.05, 0.1) is 6.42 Å². The van der Waals surface area contributed by atoms with E-state index < -0.39 is 0 Å². The van der Waals surface area contributed by atoms with Crippen molar-refractivity contribution in [1.82, 2.24) is 15.2 Å². The van der Waals surface area contributed by atoms with Gasteiger partial charge in [-0.2, -0.15) is 0 Å². The molecule has 0 radical (unpaired) electrons. The highest BCUT2D eigenvalue weighted by molar-refractivity contribution is 5.93. The third kappa shape index (κ3) is 3.37. The molecule has 0 aliphatic carbocycles. The van der Waals surface area contributed by atoms with E-state index in [2.05, 4.69) is 67.5 Å². The number of piperazine rings is 1. The fourth-order valence-corrected chi connectivity index (χ4v) is 4.18. The molecule has 1 atom stereocenters. The Labute approximate surface area is 160 Å². The van der Waals surface area contributed by atoms with Gasteiger partial charge in [-0.3, -0.25) is 4.79 Å². The first-order valence-electron chi connectivity index (χ1n) is 9.68. The highest BCUT2D eigenvalue weighted by atomic mass is 16.2. The van der Waals surface area contributed by atoms with Crippen LogP contribution in [0.15, 0.2) is 42.5 Å². The molecule has 140 valence electrons. The summed E-state index contributed by atoms with van der Waals surface area (Å²) in [6.07, 6.45) is 0.456. The molecule has 2 heterocycles. The van der Waals surface area contributed by atoms with Crippen LogP contribution < -0.4 is 5.32 Å². The lowest BCUT2D eigenvalue weighted by Crippen LogP contribution is -2.48. The molecule has 1 amide bonds. The van der Waals surface area contributed by atoms with Crippen LogP contribution in [0.2, 0.25) is 0 Å². The number of aromatic nitrogens is 1. The summed E-state index contributed by atoms with van der Waals surface area (Å²) in [6, 6.07) is 14.9. The number of rotatable bonds is 3. The maximum Gasteiger partial charge on any atom is 0.227 e. The topological polar surface area (TPSA) is 48.1 Å². The Kier molecular flexibility index (Phi) is 4.75. The van der Waals surface area contributed by atoms with E-state index in [4.69, 9.17) is 0 Å². The fraction of sp³-hybridized carbons (Fsp3) is 0.348. The Morgan fingerprint density at radius 3 is 2.59 bits per heavy atom. The second-order valence-electron chi connectivity index (χ2n) is 7.61. The highest BCUT2D eigenvalue weighted by Gasteiger charge is 2.25. The van der Waals surface area contributed by atoms with Gasteiger partial charge in [0.15, 0.2) is 0 Å². The molecule has 1 aliphatic rings. The van der Waals surface area contributed by atoms with Crippen molar-refractivity contribution < 1.29 is 4.79 Å². The zero-order valence-electron chi connectivity index (χ0n) is 16.3. The lowest BCUT2D eigenvalue weighted by Gasteiger charge is -2.34. The average Bonchev–Trinajstić information content (AvgIpc) is 3.03. The number of amides is 1. The molecule has 1 fully saturated rings. The summed E-state index contributed by atoms with van der Waals surface area (Å²) in [5, 5.41) is 4.75. The number of hydrogen-bond donors (Lipinski definition) is 2. The summed E-state index contributed by atoms with van der Waals surface area (Å²) in [5.41, 5.74) is 7.10. The van der Waals surface area contributed by atoms with E-state index in [0.29, 0.717) is 6.42 Å². The fourth-order valence-electron chi connectivity index (χ4n) is 4.18. The molecule has 2 aromatic carbocycles. The number of nitrogens with one attached hydrogen (secondary N) is 2. The van der Waals surface area contributed by atoms with Crippen molar-refractivity contribution in [3.63, 3.8) is 0 Å². The lowest BCUT2D eigenvalue weighted by atomic mass is 10.00. The number of fused-ring (bicyclic) bond motifs is 1. The molecule has 27 heavy (non-hydrogen) atoms. The van der Waals surface area contributed by atoms with Gasteiger partial charge in [0.1, 0.15) is 0 Å². The summed E-state index contributed by atoms with van der Waals surface area (Å²) < 4.78 is 0. The molecular formula is C23H27N3O. The zero-order valence-corrected chi connectivity index (χ0v) is 16.3. The number of benzene rings is 2. The lowest BCUT2D eigenvalue weighted by molar-refractivity contribution is -0.131. The molecule has 1 aromatic heterocycles. The molecule has 4 heteroatoms. The minimum Gasteiger partial charge on any atom is -0.358 e. The molecule has 0 saturated carbocycles. The summed E-state index contributed by atoms with van der Waals surface area (Å²) >= 11 is 0. The zero-order chi connectivity index (χ0) is 19.0. The van der Waals surface area contributed by atoms with E-state index in [0.717, 1.165) is 36.4 Å². The normalized spacial score (nSPS) is 17.4. The first kappa shape index (κ1) is 17.8. The summed E-state index contributed by atoms with van der Waals surface area (Å²) in [7, 11) is 0. The van der Waals surface area contributed by atoms with E-state index in [1.807, 2.05) is 11.0 Å². The molecule has 4 nitrogen and oxygen atoms in total. The van der Waals surface area contributed by atoms with Crippen LogP contribution in [0.25, 0.3) is 10.9 Å². The van der Waals surface area contributed by atoms with Gasteiger partial charge in [0, 0.05) is 42.3 Å². The molecule has 0 unspecified atom stereocenters. The number of nitrogens with zero attached hydrogens (tertiary/aromatic N) is 1. The van der Waals surface area contributed by atoms with E-state index in [1.54, 1.807) is 0 Å². The molecule has 2 N–H and O–H groups in total. The smallest absolute Gasteiger partial charge is 0.227 e. The summed E-state index contributed by atoms with van der Waals surface area (Å²) in [6.45, 7) is 8.63. The highest BCUT2D eigenvalue weighted by Crippen LogP contribution is 2.29. The number of carbonyl (C=O) groups is 1. The molecule has 4 rings (SSSR count). The summed E-state index contributed by atoms with van der Waals surface area (Å²) in [4.78, 5) is 18.6. The van der Waals surface area contributed by atoms with Crippen LogP contribution in [-0.4, -0.2) is 35.4 Å². The minimum atomic E-state index is 0.206. The van der Waals surface area contributed by atoms with Gasteiger partial charge in [0.25, 0.3) is 0 Å². The van der Waals surface area contributed by atoms with Crippen LogP contribution >= 0.6 is 0 Å². The van der Waals surface area contributed by atoms with Crippen molar-refractivity contribution in [3.05, 3.63) is 70.4 Å². The summed E-state index contributed by atoms with van der Waals surface area (Å²) in [5.74, 6) is 0.210. The van der Waals surface area contributed by atoms with Crippen molar-refractivity contribution in [2.75, 3.05) is 19.6 Å². The molecule has 3 aromatic rings. The van der Waals surface area contributed by atoms with Crippen LogP contribution in [0.5, 0.6) is 0 Å². The predicted molar refractivity (Wildman–Crippen MR) is 110 cm³/mol. The van der Waals surface area contributed by atoms with Gasteiger partial charge in [-0.25, -0.2) is 0 Å². The maximum atomic E-state index is 13.1. The first-order chi connectivity index (χ1) is 13.0. The third-order valence-corrected chi connectivity index (χ3v) is 5.75. The minimum absolute atomic E-state index is 0.206. The maximum absolute atomic E-state index is 13.1. The number of H-pyrrole nitrogens is 1. The number of aromatic amines is 1. The number of aryl methyl sites for hydroxylation is 3. The van der Waals surface area contributed by atoms with Crippen LogP contribution in [0.1, 0.15) is 34.0 Å². The van der Waals surface area contributed by atoms with Crippen molar-refractivity contribution in [2.45, 2.75) is 33.2 Å².